The molecule has 2 amide bonds. The number of sulfonamides is 1. The predicted octanol–water partition coefficient (Wildman–Crippen LogP) is 3.81. The molecule has 0 spiro atoms. The highest BCUT2D eigenvalue weighted by molar-refractivity contribution is 7.89. The number of methoxy groups -OCH3 is 1. The standard InChI is InChI=1S/C25H33N3O5S/c1-5-13-27(14-6-2)34(31,32)21-10-8-20(9-11-21)26-25(30)19-16-24(29)28(17-19)22-15-18(3)7-12-23(22)33-4/h7-12,15,19H,5-6,13-14,16-17H2,1-4H3,(H,26,30). The van der Waals surface area contributed by atoms with Crippen LogP contribution in [0.4, 0.5) is 11.4 Å². The molecule has 0 aliphatic carbocycles. The molecule has 1 fully saturated rings. The lowest BCUT2D eigenvalue weighted by Gasteiger charge is -2.21. The van der Waals surface area contributed by atoms with E-state index in [1.54, 1.807) is 24.1 Å². The number of carbonyl (C=O) groups excluding carboxylic acids is 2. The summed E-state index contributed by atoms with van der Waals surface area (Å²) in [5, 5.41) is 2.82. The Hall–Kier alpha value is -2.91. The molecule has 1 heterocycles. The number of amides is 2. The molecule has 1 saturated heterocycles. The molecule has 3 rings (SSSR count). The molecule has 1 atom stereocenters. The SMILES string of the molecule is CCCN(CCC)S(=O)(=O)c1ccc(NC(=O)C2CC(=O)N(c3cc(C)ccc3OC)C2)cc1. The predicted molar refractivity (Wildman–Crippen MR) is 133 cm³/mol. The van der Waals surface area contributed by atoms with Crippen molar-refractivity contribution in [3.63, 3.8) is 0 Å². The molecule has 9 heteroatoms. The minimum absolute atomic E-state index is 0.0956. The van der Waals surface area contributed by atoms with Gasteiger partial charge in [0.1, 0.15) is 5.75 Å². The number of anilines is 2. The van der Waals surface area contributed by atoms with Gasteiger partial charge in [-0.05, 0) is 61.7 Å². The van der Waals surface area contributed by atoms with Crippen LogP contribution >= 0.6 is 0 Å². The van der Waals surface area contributed by atoms with Crippen LogP contribution < -0.4 is 15.0 Å². The first-order valence-electron chi connectivity index (χ1n) is 11.6. The average Bonchev–Trinajstić information content (AvgIpc) is 3.21. The van der Waals surface area contributed by atoms with Gasteiger partial charge in [0.25, 0.3) is 0 Å². The molecule has 34 heavy (non-hydrogen) atoms. The largest absolute Gasteiger partial charge is 0.495 e. The lowest BCUT2D eigenvalue weighted by atomic mass is 10.1. The molecule has 1 N–H and O–H groups in total. The molecule has 1 unspecified atom stereocenters. The number of hydrogen-bond acceptors (Lipinski definition) is 5. The number of rotatable bonds is 10. The summed E-state index contributed by atoms with van der Waals surface area (Å²) in [4.78, 5) is 27.3. The maximum Gasteiger partial charge on any atom is 0.243 e. The van der Waals surface area contributed by atoms with Gasteiger partial charge in [-0.15, -0.1) is 0 Å². The smallest absolute Gasteiger partial charge is 0.243 e. The van der Waals surface area contributed by atoms with Crippen LogP contribution in [0.3, 0.4) is 0 Å². The lowest BCUT2D eigenvalue weighted by molar-refractivity contribution is -0.122. The highest BCUT2D eigenvalue weighted by Gasteiger charge is 2.36. The molecule has 1 aliphatic heterocycles. The van der Waals surface area contributed by atoms with Gasteiger partial charge in [-0.2, -0.15) is 4.31 Å². The number of aryl methyl sites for hydroxylation is 1. The Morgan fingerprint density at radius 1 is 1.12 bits per heavy atom. The number of carbonyl (C=O) groups is 2. The molecule has 184 valence electrons. The first-order valence-corrected chi connectivity index (χ1v) is 13.0. The monoisotopic (exact) mass is 487 g/mol. The second kappa shape index (κ2) is 11.0. The zero-order chi connectivity index (χ0) is 24.9. The van der Waals surface area contributed by atoms with Gasteiger partial charge in [0.2, 0.25) is 21.8 Å². The van der Waals surface area contributed by atoms with Gasteiger partial charge >= 0.3 is 0 Å². The summed E-state index contributed by atoms with van der Waals surface area (Å²) in [6.45, 7) is 7.00. The zero-order valence-electron chi connectivity index (χ0n) is 20.2. The summed E-state index contributed by atoms with van der Waals surface area (Å²) in [5.74, 6) is -0.364. The van der Waals surface area contributed by atoms with E-state index in [1.165, 1.54) is 16.4 Å². The zero-order valence-corrected chi connectivity index (χ0v) is 21.0. The van der Waals surface area contributed by atoms with Gasteiger partial charge in [-0.25, -0.2) is 8.42 Å². The molecular formula is C25H33N3O5S. The maximum absolute atomic E-state index is 12.9. The summed E-state index contributed by atoms with van der Waals surface area (Å²) in [7, 11) is -2.04. The highest BCUT2D eigenvalue weighted by atomic mass is 32.2. The Labute approximate surface area is 201 Å². The van der Waals surface area contributed by atoms with Crippen molar-refractivity contribution in [2.24, 2.45) is 5.92 Å². The number of benzene rings is 2. The number of ether oxygens (including phenoxy) is 1. The average molecular weight is 488 g/mol. The third-order valence-electron chi connectivity index (χ3n) is 5.83. The van der Waals surface area contributed by atoms with Crippen molar-refractivity contribution in [1.29, 1.82) is 0 Å². The van der Waals surface area contributed by atoms with Crippen molar-refractivity contribution >= 4 is 33.2 Å². The van der Waals surface area contributed by atoms with Crippen LogP contribution in [0.15, 0.2) is 47.4 Å². The van der Waals surface area contributed by atoms with E-state index in [-0.39, 0.29) is 29.7 Å². The van der Waals surface area contributed by atoms with Crippen molar-refractivity contribution in [3.8, 4) is 5.75 Å². The van der Waals surface area contributed by atoms with E-state index in [9.17, 15) is 18.0 Å². The van der Waals surface area contributed by atoms with Crippen molar-refractivity contribution in [2.75, 3.05) is 37.0 Å². The summed E-state index contributed by atoms with van der Waals surface area (Å²) in [5.41, 5.74) is 2.13. The first kappa shape index (κ1) is 25.7. The van der Waals surface area contributed by atoms with E-state index in [0.717, 1.165) is 18.4 Å². The Bertz CT molecular complexity index is 1130. The second-order valence-corrected chi connectivity index (χ2v) is 10.4. The van der Waals surface area contributed by atoms with Crippen LogP contribution in [0, 0.1) is 12.8 Å². The van der Waals surface area contributed by atoms with E-state index in [2.05, 4.69) is 5.32 Å². The van der Waals surface area contributed by atoms with Crippen LogP contribution in [0.5, 0.6) is 5.75 Å². The lowest BCUT2D eigenvalue weighted by Crippen LogP contribution is -2.32. The molecule has 0 radical (unpaired) electrons. The Morgan fingerprint density at radius 2 is 1.76 bits per heavy atom. The van der Waals surface area contributed by atoms with E-state index in [0.29, 0.717) is 30.2 Å². The summed E-state index contributed by atoms with van der Waals surface area (Å²) >= 11 is 0. The van der Waals surface area contributed by atoms with Crippen LogP contribution in [-0.2, 0) is 19.6 Å². The van der Waals surface area contributed by atoms with Gasteiger partial charge in [0.05, 0.1) is 23.6 Å². The Morgan fingerprint density at radius 3 is 2.35 bits per heavy atom. The van der Waals surface area contributed by atoms with Crippen LogP contribution in [0.2, 0.25) is 0 Å². The van der Waals surface area contributed by atoms with Crippen LogP contribution in [0.1, 0.15) is 38.7 Å². The Balaban J connectivity index is 1.70. The normalized spacial score (nSPS) is 16.2. The number of nitrogens with one attached hydrogen (secondary N) is 1. The molecule has 0 aromatic heterocycles. The van der Waals surface area contributed by atoms with Crippen molar-refractivity contribution in [1.82, 2.24) is 4.31 Å². The third-order valence-corrected chi connectivity index (χ3v) is 7.74. The molecular weight excluding hydrogens is 454 g/mol. The van der Waals surface area contributed by atoms with Crippen LogP contribution in [-0.4, -0.2) is 51.3 Å². The van der Waals surface area contributed by atoms with Gasteiger partial charge in [-0.3, -0.25) is 9.59 Å². The van der Waals surface area contributed by atoms with E-state index < -0.39 is 15.9 Å². The quantitative estimate of drug-likeness (QED) is 0.550. The van der Waals surface area contributed by atoms with Crippen LogP contribution in [0.25, 0.3) is 0 Å². The van der Waals surface area contributed by atoms with E-state index in [1.807, 2.05) is 39.0 Å². The van der Waals surface area contributed by atoms with Crippen molar-refractivity contribution < 1.29 is 22.7 Å². The first-order chi connectivity index (χ1) is 16.2. The summed E-state index contributed by atoms with van der Waals surface area (Å²) in [6.07, 6.45) is 1.57. The minimum atomic E-state index is -3.58. The fourth-order valence-corrected chi connectivity index (χ4v) is 5.71. The van der Waals surface area contributed by atoms with E-state index in [4.69, 9.17) is 4.74 Å². The van der Waals surface area contributed by atoms with Gasteiger partial charge in [0.15, 0.2) is 0 Å². The van der Waals surface area contributed by atoms with Crippen molar-refractivity contribution in [2.45, 2.75) is 44.9 Å². The van der Waals surface area contributed by atoms with Gasteiger partial charge in [0, 0.05) is 31.7 Å². The summed E-state index contributed by atoms with van der Waals surface area (Å²) < 4.78 is 32.7. The molecule has 8 nitrogen and oxygen atoms in total. The Kier molecular flexibility index (Phi) is 8.33. The van der Waals surface area contributed by atoms with Crippen molar-refractivity contribution in [3.05, 3.63) is 48.0 Å². The highest BCUT2D eigenvalue weighted by Crippen LogP contribution is 2.34. The maximum atomic E-state index is 12.9. The molecule has 0 bridgehead atoms. The second-order valence-electron chi connectivity index (χ2n) is 8.50. The van der Waals surface area contributed by atoms with E-state index >= 15 is 0 Å². The molecule has 2 aromatic rings. The summed E-state index contributed by atoms with van der Waals surface area (Å²) in [6, 6.07) is 11.8. The van der Waals surface area contributed by atoms with Gasteiger partial charge in [-0.1, -0.05) is 19.9 Å². The molecule has 0 saturated carbocycles. The third kappa shape index (κ3) is 5.59. The number of hydrogen-bond donors (Lipinski definition) is 1. The fraction of sp³-hybridized carbons (Fsp3) is 0.440. The molecule has 1 aliphatic rings. The minimum Gasteiger partial charge on any atom is -0.495 e. The number of nitrogens with zero attached hydrogens (tertiary/aromatic N) is 2. The van der Waals surface area contributed by atoms with Gasteiger partial charge < -0.3 is 15.0 Å². The topological polar surface area (TPSA) is 96.0 Å². The fourth-order valence-electron chi connectivity index (χ4n) is 4.08. The molecule has 2 aromatic carbocycles.